The molecule has 1 N–H and O–H groups in total. The van der Waals surface area contributed by atoms with E-state index < -0.39 is 0 Å². The van der Waals surface area contributed by atoms with Gasteiger partial charge in [-0.05, 0) is 49.7 Å². The van der Waals surface area contributed by atoms with E-state index in [-0.39, 0.29) is 0 Å². The highest BCUT2D eigenvalue weighted by Gasteiger charge is 2.06. The predicted molar refractivity (Wildman–Crippen MR) is 97.3 cm³/mol. The third-order valence-electron chi connectivity index (χ3n) is 3.74. The molecule has 0 amide bonds. The first kappa shape index (κ1) is 18.1. The van der Waals surface area contributed by atoms with Crippen LogP contribution in [0.5, 0.6) is 17.2 Å². The average Bonchev–Trinajstić information content (AvgIpc) is 2.58. The van der Waals surface area contributed by atoms with Gasteiger partial charge >= 0.3 is 0 Å². The topological polar surface area (TPSA) is 39.7 Å². The Hall–Kier alpha value is -2.20. The van der Waals surface area contributed by atoms with Crippen molar-refractivity contribution in [3.63, 3.8) is 0 Å². The number of hydrogen-bond acceptors (Lipinski definition) is 4. The van der Waals surface area contributed by atoms with E-state index in [9.17, 15) is 0 Å². The first-order valence-corrected chi connectivity index (χ1v) is 8.34. The lowest BCUT2D eigenvalue weighted by atomic mass is 10.1. The minimum atomic E-state index is 0.467. The zero-order valence-corrected chi connectivity index (χ0v) is 15.0. The molecule has 130 valence electrons. The minimum Gasteiger partial charge on any atom is -0.493 e. The van der Waals surface area contributed by atoms with Crippen molar-refractivity contribution in [2.45, 2.75) is 27.3 Å². The van der Waals surface area contributed by atoms with Crippen LogP contribution < -0.4 is 19.5 Å². The predicted octanol–water partition coefficient (Wildman–Crippen LogP) is 3.88. The SMILES string of the molecule is CCNCc1ccc(OC)c(OCCOc2ccc(C)cc2C)c1. The van der Waals surface area contributed by atoms with E-state index in [2.05, 4.69) is 38.2 Å². The van der Waals surface area contributed by atoms with E-state index >= 15 is 0 Å². The maximum atomic E-state index is 5.86. The Bertz CT molecular complexity index is 655. The number of hydrogen-bond donors (Lipinski definition) is 1. The summed E-state index contributed by atoms with van der Waals surface area (Å²) >= 11 is 0. The van der Waals surface area contributed by atoms with Crippen LogP contribution in [-0.2, 0) is 6.54 Å². The molecule has 0 aromatic heterocycles. The molecule has 0 unspecified atom stereocenters. The van der Waals surface area contributed by atoms with Gasteiger partial charge in [0, 0.05) is 6.54 Å². The van der Waals surface area contributed by atoms with Gasteiger partial charge in [-0.15, -0.1) is 0 Å². The lowest BCUT2D eigenvalue weighted by Gasteiger charge is -2.14. The van der Waals surface area contributed by atoms with Crippen molar-refractivity contribution in [3.8, 4) is 17.2 Å². The summed E-state index contributed by atoms with van der Waals surface area (Å²) in [5.41, 5.74) is 3.54. The molecule has 0 spiro atoms. The van der Waals surface area contributed by atoms with Gasteiger partial charge in [0.25, 0.3) is 0 Å². The highest BCUT2D eigenvalue weighted by atomic mass is 16.5. The Morgan fingerprint density at radius 3 is 2.25 bits per heavy atom. The third-order valence-corrected chi connectivity index (χ3v) is 3.74. The molecule has 0 aliphatic rings. The molecule has 2 rings (SSSR count). The second kappa shape index (κ2) is 9.18. The molecule has 2 aromatic rings. The fourth-order valence-corrected chi connectivity index (χ4v) is 2.48. The van der Waals surface area contributed by atoms with Gasteiger partial charge in [-0.1, -0.05) is 30.7 Å². The van der Waals surface area contributed by atoms with Crippen LogP contribution in [0.25, 0.3) is 0 Å². The van der Waals surface area contributed by atoms with Crippen molar-refractivity contribution in [1.29, 1.82) is 0 Å². The van der Waals surface area contributed by atoms with Crippen molar-refractivity contribution in [1.82, 2.24) is 5.32 Å². The molecular formula is C20H27NO3. The zero-order chi connectivity index (χ0) is 17.4. The highest BCUT2D eigenvalue weighted by molar-refractivity contribution is 5.43. The van der Waals surface area contributed by atoms with Gasteiger partial charge in [-0.2, -0.15) is 0 Å². The Morgan fingerprint density at radius 2 is 1.58 bits per heavy atom. The summed E-state index contributed by atoms with van der Waals surface area (Å²) in [5.74, 6) is 2.39. The number of aryl methyl sites for hydroxylation is 2. The van der Waals surface area contributed by atoms with E-state index in [4.69, 9.17) is 14.2 Å². The van der Waals surface area contributed by atoms with Crippen molar-refractivity contribution in [3.05, 3.63) is 53.1 Å². The Morgan fingerprint density at radius 1 is 0.875 bits per heavy atom. The summed E-state index contributed by atoms with van der Waals surface area (Å²) in [6.07, 6.45) is 0. The van der Waals surface area contributed by atoms with E-state index in [1.165, 1.54) is 11.1 Å². The van der Waals surface area contributed by atoms with Crippen LogP contribution in [0.1, 0.15) is 23.6 Å². The Kier molecular flexibility index (Phi) is 6.94. The molecule has 0 aliphatic heterocycles. The summed E-state index contributed by atoms with van der Waals surface area (Å²) in [6, 6.07) is 12.2. The summed E-state index contributed by atoms with van der Waals surface area (Å²) in [7, 11) is 1.65. The molecule has 2 aromatic carbocycles. The smallest absolute Gasteiger partial charge is 0.161 e. The number of methoxy groups -OCH3 is 1. The van der Waals surface area contributed by atoms with E-state index in [1.807, 2.05) is 24.3 Å². The monoisotopic (exact) mass is 329 g/mol. The van der Waals surface area contributed by atoms with Crippen LogP contribution in [-0.4, -0.2) is 26.9 Å². The van der Waals surface area contributed by atoms with Crippen LogP contribution >= 0.6 is 0 Å². The van der Waals surface area contributed by atoms with Gasteiger partial charge in [0.15, 0.2) is 11.5 Å². The van der Waals surface area contributed by atoms with Crippen molar-refractivity contribution in [2.75, 3.05) is 26.9 Å². The lowest BCUT2D eigenvalue weighted by molar-refractivity contribution is 0.210. The van der Waals surface area contributed by atoms with Crippen molar-refractivity contribution < 1.29 is 14.2 Å². The second-order valence-corrected chi connectivity index (χ2v) is 5.73. The number of ether oxygens (including phenoxy) is 3. The molecule has 0 fully saturated rings. The largest absolute Gasteiger partial charge is 0.493 e. The van der Waals surface area contributed by atoms with Gasteiger partial charge < -0.3 is 19.5 Å². The number of nitrogens with one attached hydrogen (secondary N) is 1. The van der Waals surface area contributed by atoms with Crippen molar-refractivity contribution >= 4 is 0 Å². The molecule has 24 heavy (non-hydrogen) atoms. The van der Waals surface area contributed by atoms with E-state index in [0.717, 1.165) is 35.9 Å². The first-order chi connectivity index (χ1) is 11.6. The maximum absolute atomic E-state index is 5.86. The normalized spacial score (nSPS) is 10.5. The Labute approximate surface area is 144 Å². The van der Waals surface area contributed by atoms with E-state index in [0.29, 0.717) is 13.2 Å². The molecule has 0 bridgehead atoms. The highest BCUT2D eigenvalue weighted by Crippen LogP contribution is 2.28. The van der Waals surface area contributed by atoms with Crippen molar-refractivity contribution in [2.24, 2.45) is 0 Å². The van der Waals surface area contributed by atoms with Gasteiger partial charge in [0.2, 0.25) is 0 Å². The van der Waals surface area contributed by atoms with Gasteiger partial charge in [0.1, 0.15) is 19.0 Å². The molecule has 0 saturated heterocycles. The van der Waals surface area contributed by atoms with Crippen LogP contribution in [0.15, 0.2) is 36.4 Å². The molecule has 4 heteroatoms. The Balaban J connectivity index is 1.90. The summed E-state index contributed by atoms with van der Waals surface area (Å²) in [4.78, 5) is 0. The fraction of sp³-hybridized carbons (Fsp3) is 0.400. The van der Waals surface area contributed by atoms with Crippen LogP contribution in [0.3, 0.4) is 0 Å². The van der Waals surface area contributed by atoms with Crippen LogP contribution in [0.4, 0.5) is 0 Å². The molecule has 0 aliphatic carbocycles. The zero-order valence-electron chi connectivity index (χ0n) is 15.0. The quantitative estimate of drug-likeness (QED) is 0.709. The van der Waals surface area contributed by atoms with Gasteiger partial charge in [-0.3, -0.25) is 0 Å². The van der Waals surface area contributed by atoms with Crippen LogP contribution in [0, 0.1) is 13.8 Å². The third kappa shape index (κ3) is 5.17. The molecule has 0 atom stereocenters. The minimum absolute atomic E-state index is 0.467. The number of benzene rings is 2. The molecular weight excluding hydrogens is 302 g/mol. The molecule has 0 radical (unpaired) electrons. The maximum Gasteiger partial charge on any atom is 0.161 e. The fourth-order valence-electron chi connectivity index (χ4n) is 2.48. The molecule has 0 saturated carbocycles. The van der Waals surface area contributed by atoms with Gasteiger partial charge in [0.05, 0.1) is 7.11 Å². The average molecular weight is 329 g/mol. The summed E-state index contributed by atoms with van der Waals surface area (Å²) in [6.45, 7) is 8.93. The second-order valence-electron chi connectivity index (χ2n) is 5.73. The van der Waals surface area contributed by atoms with Crippen LogP contribution in [0.2, 0.25) is 0 Å². The standard InChI is InChI=1S/C20H27NO3/c1-5-21-14-17-7-9-19(22-4)20(13-17)24-11-10-23-18-8-6-15(2)12-16(18)3/h6-9,12-13,21H,5,10-11,14H2,1-4H3. The lowest BCUT2D eigenvalue weighted by Crippen LogP contribution is -2.13. The van der Waals surface area contributed by atoms with E-state index in [1.54, 1.807) is 7.11 Å². The summed E-state index contributed by atoms with van der Waals surface area (Å²) < 4.78 is 17.0. The number of rotatable bonds is 9. The van der Waals surface area contributed by atoms with Gasteiger partial charge in [-0.25, -0.2) is 0 Å². The molecule has 4 nitrogen and oxygen atoms in total. The summed E-state index contributed by atoms with van der Waals surface area (Å²) in [5, 5.41) is 3.31. The first-order valence-electron chi connectivity index (χ1n) is 8.34. The molecule has 0 heterocycles.